The van der Waals surface area contributed by atoms with Crippen LogP contribution < -0.4 is 11.1 Å². The smallest absolute Gasteiger partial charge is 0.324 e. The highest BCUT2D eigenvalue weighted by molar-refractivity contribution is 5.93. The van der Waals surface area contributed by atoms with Crippen molar-refractivity contribution in [3.63, 3.8) is 0 Å². The molecule has 0 unspecified atom stereocenters. The summed E-state index contributed by atoms with van der Waals surface area (Å²) in [6.07, 6.45) is 8.15. The molecule has 1 heterocycles. The van der Waals surface area contributed by atoms with E-state index < -0.39 is 6.03 Å². The molecule has 2 amide bonds. The average Bonchev–Trinajstić information content (AvgIpc) is 2.41. The van der Waals surface area contributed by atoms with Crippen molar-refractivity contribution < 1.29 is 4.79 Å². The number of urea groups is 1. The second kappa shape index (κ2) is 7.71. The Bertz CT molecular complexity index is 466. The number of aryl methyl sites for hydroxylation is 1. The van der Waals surface area contributed by atoms with Crippen molar-refractivity contribution in [2.45, 2.75) is 12.8 Å². The second-order valence-electron chi connectivity index (χ2n) is 3.82. The van der Waals surface area contributed by atoms with E-state index >= 15 is 0 Å². The molecule has 0 aliphatic heterocycles. The number of aromatic nitrogens is 1. The van der Waals surface area contributed by atoms with E-state index in [9.17, 15) is 4.79 Å². The number of carbonyl (C=O) groups is 1. The van der Waals surface area contributed by atoms with Crippen molar-refractivity contribution in [1.82, 2.24) is 15.2 Å². The van der Waals surface area contributed by atoms with Gasteiger partial charge in [-0.15, -0.1) is 6.42 Å². The highest BCUT2D eigenvalue weighted by Crippen LogP contribution is 2.00. The molecule has 6 nitrogen and oxygen atoms in total. The molecule has 1 aromatic rings. The Hall–Kier alpha value is -2.55. The van der Waals surface area contributed by atoms with Gasteiger partial charge in [0.2, 0.25) is 0 Å². The number of rotatable bonds is 5. The number of nitrogens with zero attached hydrogens (tertiary/aromatic N) is 2. The summed E-state index contributed by atoms with van der Waals surface area (Å²) in [5, 5.41) is 9.85. The Morgan fingerprint density at radius 2 is 2.37 bits per heavy atom. The van der Waals surface area contributed by atoms with Gasteiger partial charge in [-0.1, -0.05) is 12.0 Å². The summed E-state index contributed by atoms with van der Waals surface area (Å²) in [6.45, 7) is 0.463. The third-order valence-electron chi connectivity index (χ3n) is 2.42. The number of terminal acetylenes is 1. The number of guanidine groups is 1. The number of hydrogen-bond acceptors (Lipinski definition) is 3. The predicted molar refractivity (Wildman–Crippen MR) is 73.4 cm³/mol. The SMILES string of the molecule is C#CCNC(=O)N(CCCc1ccccn1)C(=N)N. The number of nitrogens with one attached hydrogen (secondary N) is 2. The summed E-state index contributed by atoms with van der Waals surface area (Å²) in [5.74, 6) is 2.00. The van der Waals surface area contributed by atoms with E-state index in [1.165, 1.54) is 0 Å². The van der Waals surface area contributed by atoms with Gasteiger partial charge in [0.1, 0.15) is 0 Å². The molecule has 0 radical (unpaired) electrons. The number of pyridine rings is 1. The quantitative estimate of drug-likeness (QED) is 0.409. The molecule has 0 aliphatic carbocycles. The molecule has 0 aliphatic rings. The summed E-state index contributed by atoms with van der Waals surface area (Å²) in [5.41, 5.74) is 6.31. The minimum absolute atomic E-state index is 0.114. The molecular weight excluding hydrogens is 242 g/mol. The first kappa shape index (κ1) is 14.5. The predicted octanol–water partition coefficient (Wildman–Crippen LogP) is 0.552. The normalized spacial score (nSPS) is 9.42. The van der Waals surface area contributed by atoms with Gasteiger partial charge in [-0.2, -0.15) is 0 Å². The monoisotopic (exact) mass is 259 g/mol. The van der Waals surface area contributed by atoms with E-state index in [0.717, 1.165) is 10.6 Å². The fraction of sp³-hybridized carbons (Fsp3) is 0.308. The van der Waals surface area contributed by atoms with Gasteiger partial charge in [-0.3, -0.25) is 15.3 Å². The van der Waals surface area contributed by atoms with E-state index in [2.05, 4.69) is 16.2 Å². The fourth-order valence-electron chi connectivity index (χ4n) is 1.52. The minimum atomic E-state index is -0.452. The Labute approximate surface area is 112 Å². The molecular formula is C13H17N5O. The maximum Gasteiger partial charge on any atom is 0.324 e. The van der Waals surface area contributed by atoms with E-state index in [4.69, 9.17) is 17.6 Å². The van der Waals surface area contributed by atoms with Gasteiger partial charge in [-0.05, 0) is 25.0 Å². The Morgan fingerprint density at radius 1 is 1.58 bits per heavy atom. The van der Waals surface area contributed by atoms with Crippen molar-refractivity contribution in [2.24, 2.45) is 5.73 Å². The number of amides is 2. The molecule has 0 bridgehead atoms. The van der Waals surface area contributed by atoms with E-state index in [-0.39, 0.29) is 12.5 Å². The van der Waals surface area contributed by atoms with Crippen molar-refractivity contribution in [3.05, 3.63) is 30.1 Å². The van der Waals surface area contributed by atoms with E-state index in [1.807, 2.05) is 18.2 Å². The fourth-order valence-corrected chi connectivity index (χ4v) is 1.52. The largest absolute Gasteiger partial charge is 0.370 e. The van der Waals surface area contributed by atoms with Crippen LogP contribution in [0.25, 0.3) is 0 Å². The molecule has 100 valence electrons. The summed E-state index contributed by atoms with van der Waals surface area (Å²) in [7, 11) is 0. The van der Waals surface area contributed by atoms with Crippen LogP contribution in [-0.2, 0) is 6.42 Å². The van der Waals surface area contributed by atoms with E-state index in [1.54, 1.807) is 6.20 Å². The second-order valence-corrected chi connectivity index (χ2v) is 3.82. The number of hydrogen-bond donors (Lipinski definition) is 3. The number of carbonyl (C=O) groups excluding carboxylic acids is 1. The van der Waals surface area contributed by atoms with Crippen LogP contribution in [0, 0.1) is 17.8 Å². The van der Waals surface area contributed by atoms with Gasteiger partial charge in [0.15, 0.2) is 5.96 Å². The lowest BCUT2D eigenvalue weighted by Gasteiger charge is -2.20. The van der Waals surface area contributed by atoms with E-state index in [0.29, 0.717) is 19.4 Å². The van der Waals surface area contributed by atoms with Gasteiger partial charge in [-0.25, -0.2) is 4.79 Å². The van der Waals surface area contributed by atoms with Crippen LogP contribution in [0.5, 0.6) is 0 Å². The molecule has 0 atom stereocenters. The molecule has 0 aromatic carbocycles. The molecule has 1 aromatic heterocycles. The molecule has 0 saturated heterocycles. The van der Waals surface area contributed by atoms with Crippen LogP contribution in [0.3, 0.4) is 0 Å². The first-order chi connectivity index (χ1) is 9.15. The third-order valence-corrected chi connectivity index (χ3v) is 2.42. The van der Waals surface area contributed by atoms with Crippen molar-refractivity contribution in [2.75, 3.05) is 13.1 Å². The lowest BCUT2D eigenvalue weighted by atomic mass is 10.2. The average molecular weight is 259 g/mol. The zero-order valence-corrected chi connectivity index (χ0v) is 10.6. The maximum atomic E-state index is 11.7. The standard InChI is InChI=1S/C13H17N5O/c1-2-8-17-13(19)18(12(14)15)10-5-7-11-6-3-4-9-16-11/h1,3-4,6,9H,5,7-8,10H2,(H3,14,15)(H,17,19). The summed E-state index contributed by atoms with van der Waals surface area (Å²) in [4.78, 5) is 17.0. The molecule has 4 N–H and O–H groups in total. The topological polar surface area (TPSA) is 95.1 Å². The lowest BCUT2D eigenvalue weighted by molar-refractivity contribution is 0.221. The van der Waals surface area contributed by atoms with Crippen LogP contribution in [0.15, 0.2) is 24.4 Å². The van der Waals surface area contributed by atoms with Crippen molar-refractivity contribution in [1.29, 1.82) is 5.41 Å². The van der Waals surface area contributed by atoms with Crippen molar-refractivity contribution >= 4 is 12.0 Å². The Morgan fingerprint density at radius 3 is 2.95 bits per heavy atom. The van der Waals surface area contributed by atoms with Crippen LogP contribution in [-0.4, -0.2) is 35.0 Å². The summed E-state index contributed by atoms with van der Waals surface area (Å²) >= 11 is 0. The molecule has 0 fully saturated rings. The molecule has 19 heavy (non-hydrogen) atoms. The van der Waals surface area contributed by atoms with Crippen molar-refractivity contribution in [3.8, 4) is 12.3 Å². The van der Waals surface area contributed by atoms with Gasteiger partial charge in [0.05, 0.1) is 6.54 Å². The summed E-state index contributed by atoms with van der Waals surface area (Å²) < 4.78 is 0. The van der Waals surface area contributed by atoms with Crippen LogP contribution in [0.4, 0.5) is 4.79 Å². The van der Waals surface area contributed by atoms with Crippen LogP contribution in [0.2, 0.25) is 0 Å². The molecule has 0 spiro atoms. The van der Waals surface area contributed by atoms with Gasteiger partial charge in [0, 0.05) is 18.4 Å². The molecule has 6 heteroatoms. The summed E-state index contributed by atoms with van der Waals surface area (Å²) in [6, 6.07) is 5.21. The lowest BCUT2D eigenvalue weighted by Crippen LogP contribution is -2.47. The van der Waals surface area contributed by atoms with Gasteiger partial charge >= 0.3 is 6.03 Å². The zero-order valence-electron chi connectivity index (χ0n) is 10.6. The van der Waals surface area contributed by atoms with Gasteiger partial charge < -0.3 is 11.1 Å². The highest BCUT2D eigenvalue weighted by Gasteiger charge is 2.14. The molecule has 1 rings (SSSR count). The Kier molecular flexibility index (Phi) is 5.89. The first-order valence-corrected chi connectivity index (χ1v) is 5.88. The zero-order chi connectivity index (χ0) is 14.1. The first-order valence-electron chi connectivity index (χ1n) is 5.88. The minimum Gasteiger partial charge on any atom is -0.370 e. The van der Waals surface area contributed by atoms with Crippen LogP contribution in [0.1, 0.15) is 12.1 Å². The Balaban J connectivity index is 2.44. The van der Waals surface area contributed by atoms with Gasteiger partial charge in [0.25, 0.3) is 0 Å². The maximum absolute atomic E-state index is 11.7. The highest BCUT2D eigenvalue weighted by atomic mass is 16.2. The van der Waals surface area contributed by atoms with Crippen LogP contribution >= 0.6 is 0 Å². The molecule has 0 saturated carbocycles. The number of nitrogens with two attached hydrogens (primary N) is 1. The third kappa shape index (κ3) is 5.08.